The molecule has 0 aliphatic carbocycles. The van der Waals surface area contributed by atoms with Crippen LogP contribution in [0.25, 0.3) is 11.7 Å². The van der Waals surface area contributed by atoms with Gasteiger partial charge in [0.2, 0.25) is 18.6 Å². The Bertz CT molecular complexity index is 1620. The topological polar surface area (TPSA) is 103 Å². The molecule has 0 unspecified atom stereocenters. The van der Waals surface area contributed by atoms with Gasteiger partial charge in [-0.2, -0.15) is 0 Å². The Hall–Kier alpha value is -3.73. The molecule has 2 amide bonds. The van der Waals surface area contributed by atoms with Crippen LogP contribution in [0.4, 0.5) is 5.69 Å². The molecule has 4 aromatic rings. The van der Waals surface area contributed by atoms with Crippen molar-refractivity contribution in [1.29, 1.82) is 0 Å². The van der Waals surface area contributed by atoms with Crippen LogP contribution in [-0.4, -0.2) is 34.5 Å². The van der Waals surface area contributed by atoms with E-state index in [1.54, 1.807) is 42.5 Å². The normalized spacial score (nSPS) is 12.2. The van der Waals surface area contributed by atoms with Crippen molar-refractivity contribution in [2.45, 2.75) is 13.5 Å². The zero-order chi connectivity index (χ0) is 27.5. The molecule has 1 aliphatic heterocycles. The highest BCUT2D eigenvalue weighted by molar-refractivity contribution is 9.10. The summed E-state index contributed by atoms with van der Waals surface area (Å²) in [5, 5.41) is 5.85. The molecule has 0 atom stereocenters. The van der Waals surface area contributed by atoms with Gasteiger partial charge in [0.05, 0.1) is 22.9 Å². The van der Waals surface area contributed by atoms with Gasteiger partial charge in [-0.15, -0.1) is 0 Å². The third kappa shape index (κ3) is 5.98. The number of hydrogen-bond donors (Lipinski definition) is 2. The van der Waals surface area contributed by atoms with Crippen LogP contribution in [-0.2, 0) is 16.2 Å². The van der Waals surface area contributed by atoms with E-state index in [0.717, 1.165) is 15.9 Å². The lowest BCUT2D eigenvalue weighted by Crippen LogP contribution is -2.31. The Morgan fingerprint density at radius 1 is 1.18 bits per heavy atom. The minimum absolute atomic E-state index is 0.0476. The average molecular weight is 632 g/mol. The van der Waals surface area contributed by atoms with E-state index < -0.39 is 11.8 Å². The molecule has 2 aromatic heterocycles. The minimum atomic E-state index is -0.460. The SMILES string of the molecule is Cc1nc2c(OCc3c(Cl)ccc(NC(=O)CNC(=O)C=Cc4ccc5c(c4)OCO5)c3Cl)cccn2c1Br. The van der Waals surface area contributed by atoms with Crippen molar-refractivity contribution in [2.24, 2.45) is 0 Å². The Morgan fingerprint density at radius 3 is 2.85 bits per heavy atom. The summed E-state index contributed by atoms with van der Waals surface area (Å²) in [6.07, 6.45) is 4.81. The number of ether oxygens (including phenoxy) is 3. The van der Waals surface area contributed by atoms with Crippen LogP contribution in [0.1, 0.15) is 16.8 Å². The lowest BCUT2D eigenvalue weighted by molar-refractivity contribution is -0.121. The van der Waals surface area contributed by atoms with Crippen molar-refractivity contribution in [1.82, 2.24) is 14.7 Å². The summed E-state index contributed by atoms with van der Waals surface area (Å²) in [6.45, 7) is 1.85. The van der Waals surface area contributed by atoms with Gasteiger partial charge >= 0.3 is 0 Å². The van der Waals surface area contributed by atoms with Gasteiger partial charge in [0.25, 0.3) is 0 Å². The summed E-state index contributed by atoms with van der Waals surface area (Å²) in [5.74, 6) is 0.919. The third-order valence-electron chi connectivity index (χ3n) is 5.79. The number of carbonyl (C=O) groups excluding carboxylic acids is 2. The van der Waals surface area contributed by atoms with E-state index in [-0.39, 0.29) is 25.0 Å². The first-order valence-electron chi connectivity index (χ1n) is 11.7. The van der Waals surface area contributed by atoms with Crippen molar-refractivity contribution in [2.75, 3.05) is 18.7 Å². The Balaban J connectivity index is 1.19. The van der Waals surface area contributed by atoms with Crippen molar-refractivity contribution in [3.8, 4) is 17.2 Å². The molecule has 9 nitrogen and oxygen atoms in total. The van der Waals surface area contributed by atoms with E-state index in [1.165, 1.54) is 6.08 Å². The summed E-state index contributed by atoms with van der Waals surface area (Å²) >= 11 is 16.5. The number of hydrogen-bond acceptors (Lipinski definition) is 6. The molecule has 12 heteroatoms. The fraction of sp³-hybridized carbons (Fsp3) is 0.148. The lowest BCUT2D eigenvalue weighted by Gasteiger charge is -2.14. The van der Waals surface area contributed by atoms with Gasteiger partial charge in [-0.25, -0.2) is 4.98 Å². The van der Waals surface area contributed by atoms with E-state index >= 15 is 0 Å². The summed E-state index contributed by atoms with van der Waals surface area (Å²) in [4.78, 5) is 29.2. The van der Waals surface area contributed by atoms with E-state index in [4.69, 9.17) is 37.4 Å². The number of carbonyl (C=O) groups is 2. The summed E-state index contributed by atoms with van der Waals surface area (Å²) in [5.41, 5.74) is 3.06. The molecule has 39 heavy (non-hydrogen) atoms. The van der Waals surface area contributed by atoms with Gasteiger partial charge in [0, 0.05) is 22.9 Å². The quantitative estimate of drug-likeness (QED) is 0.239. The van der Waals surface area contributed by atoms with Crippen LogP contribution in [0.3, 0.4) is 0 Å². The second-order valence-electron chi connectivity index (χ2n) is 8.44. The number of aryl methyl sites for hydroxylation is 1. The summed E-state index contributed by atoms with van der Waals surface area (Å²) in [7, 11) is 0. The van der Waals surface area contributed by atoms with Gasteiger partial charge in [-0.1, -0.05) is 29.3 Å². The molecule has 0 saturated heterocycles. The van der Waals surface area contributed by atoms with E-state index in [1.807, 2.05) is 23.6 Å². The second-order valence-corrected chi connectivity index (χ2v) is 9.98. The Labute approximate surface area is 241 Å². The minimum Gasteiger partial charge on any atom is -0.485 e. The predicted molar refractivity (Wildman–Crippen MR) is 152 cm³/mol. The maximum atomic E-state index is 12.5. The molecular formula is C27H21BrCl2N4O5. The van der Waals surface area contributed by atoms with Crippen molar-refractivity contribution in [3.05, 3.63) is 86.2 Å². The number of pyridine rings is 1. The molecule has 0 radical (unpaired) electrons. The molecule has 2 N–H and O–H groups in total. The largest absolute Gasteiger partial charge is 0.485 e. The van der Waals surface area contributed by atoms with Crippen molar-refractivity contribution >= 4 is 68.4 Å². The number of fused-ring (bicyclic) bond motifs is 2. The summed E-state index contributed by atoms with van der Waals surface area (Å²) < 4.78 is 19.3. The number of nitrogens with one attached hydrogen (secondary N) is 2. The molecule has 200 valence electrons. The number of rotatable bonds is 8. The number of imidazole rings is 1. The van der Waals surface area contributed by atoms with Crippen LogP contribution in [0.2, 0.25) is 10.0 Å². The second kappa shape index (κ2) is 11.6. The maximum Gasteiger partial charge on any atom is 0.244 e. The lowest BCUT2D eigenvalue weighted by atomic mass is 10.2. The highest BCUT2D eigenvalue weighted by Crippen LogP contribution is 2.34. The number of halogens is 3. The molecule has 2 aromatic carbocycles. The van der Waals surface area contributed by atoms with Crippen molar-refractivity contribution < 1.29 is 23.8 Å². The van der Waals surface area contributed by atoms with Crippen LogP contribution < -0.4 is 24.8 Å². The fourth-order valence-corrected chi connectivity index (χ4v) is 4.73. The molecule has 0 fully saturated rings. The average Bonchev–Trinajstić information content (AvgIpc) is 3.51. The molecule has 1 aliphatic rings. The predicted octanol–water partition coefficient (Wildman–Crippen LogP) is 5.79. The first-order valence-corrected chi connectivity index (χ1v) is 13.2. The monoisotopic (exact) mass is 630 g/mol. The first kappa shape index (κ1) is 26.9. The zero-order valence-electron chi connectivity index (χ0n) is 20.5. The van der Waals surface area contributed by atoms with E-state index in [9.17, 15) is 9.59 Å². The van der Waals surface area contributed by atoms with Crippen LogP contribution in [0, 0.1) is 6.92 Å². The van der Waals surface area contributed by atoms with Crippen LogP contribution in [0.15, 0.2) is 59.3 Å². The van der Waals surface area contributed by atoms with E-state index in [2.05, 4.69) is 31.5 Å². The Kier molecular flexibility index (Phi) is 7.97. The molecule has 0 bridgehead atoms. The number of amides is 2. The van der Waals surface area contributed by atoms with Gasteiger partial charge in [0.1, 0.15) is 11.2 Å². The molecule has 3 heterocycles. The van der Waals surface area contributed by atoms with Crippen molar-refractivity contribution in [3.63, 3.8) is 0 Å². The number of benzene rings is 2. The third-order valence-corrected chi connectivity index (χ3v) is 7.54. The van der Waals surface area contributed by atoms with E-state index in [0.29, 0.717) is 39.2 Å². The number of anilines is 1. The van der Waals surface area contributed by atoms with Crippen LogP contribution in [0.5, 0.6) is 17.2 Å². The number of nitrogens with zero attached hydrogens (tertiary/aromatic N) is 2. The Morgan fingerprint density at radius 2 is 2.00 bits per heavy atom. The smallest absolute Gasteiger partial charge is 0.244 e. The zero-order valence-corrected chi connectivity index (χ0v) is 23.6. The standard InChI is InChI=1S/C27H21BrCl2N4O5/c1-15-26(28)34-10-2-3-21(27(34)32-15)37-13-17-18(29)6-7-19(25(17)30)33-24(36)12-31-23(35)9-5-16-4-8-20-22(11-16)39-14-38-20/h2-11H,12-14H2,1H3,(H,31,35)(H,33,36). The van der Waals surface area contributed by atoms with Gasteiger partial charge in [0.15, 0.2) is 22.9 Å². The fourth-order valence-electron chi connectivity index (χ4n) is 3.83. The van der Waals surface area contributed by atoms with Gasteiger partial charge in [-0.3, -0.25) is 14.0 Å². The maximum absolute atomic E-state index is 12.5. The van der Waals surface area contributed by atoms with Gasteiger partial charge < -0.3 is 24.8 Å². The summed E-state index contributed by atoms with van der Waals surface area (Å²) in [6, 6.07) is 12.2. The van der Waals surface area contributed by atoms with Crippen LogP contribution >= 0.6 is 39.1 Å². The highest BCUT2D eigenvalue weighted by Gasteiger charge is 2.16. The van der Waals surface area contributed by atoms with Gasteiger partial charge in [-0.05, 0) is 70.9 Å². The molecule has 5 rings (SSSR count). The highest BCUT2D eigenvalue weighted by atomic mass is 79.9. The molecular weight excluding hydrogens is 611 g/mol. The molecule has 0 saturated carbocycles. The number of aromatic nitrogens is 2. The first-order chi connectivity index (χ1) is 18.8. The molecule has 0 spiro atoms.